The maximum absolute atomic E-state index is 12.9. The summed E-state index contributed by atoms with van der Waals surface area (Å²) >= 11 is 5.81. The molecule has 0 radical (unpaired) electrons. The van der Waals surface area contributed by atoms with Crippen molar-refractivity contribution in [2.75, 3.05) is 0 Å². The first-order chi connectivity index (χ1) is 9.29. The third-order valence-electron chi connectivity index (χ3n) is 3.20. The average molecular weight is 320 g/mol. The molecule has 0 aliphatic heterocycles. The number of nitrogens with one attached hydrogen (secondary N) is 1. The molecule has 0 bridgehead atoms. The quantitative estimate of drug-likeness (QED) is 0.903. The minimum absolute atomic E-state index is 0.0448. The summed E-state index contributed by atoms with van der Waals surface area (Å²) in [6.07, 6.45) is 1.78. The van der Waals surface area contributed by atoms with Gasteiger partial charge in [0.1, 0.15) is 11.1 Å². The Morgan fingerprint density at radius 2 is 2.15 bits per heavy atom. The van der Waals surface area contributed by atoms with Crippen LogP contribution < -0.4 is 5.32 Å². The SMILES string of the molecule is C[C@H](C(=O)NC1CC1)S(=O)(=O)Cc1ccc(F)cc1Cl. The topological polar surface area (TPSA) is 63.2 Å². The van der Waals surface area contributed by atoms with Crippen molar-refractivity contribution in [3.8, 4) is 0 Å². The fourth-order valence-corrected chi connectivity index (χ4v) is 3.33. The maximum atomic E-state index is 12.9. The Bertz CT molecular complexity index is 629. The van der Waals surface area contributed by atoms with Gasteiger partial charge in [-0.05, 0) is 37.5 Å². The maximum Gasteiger partial charge on any atom is 0.238 e. The third kappa shape index (κ3) is 3.70. The van der Waals surface area contributed by atoms with E-state index in [-0.39, 0.29) is 16.8 Å². The summed E-state index contributed by atoms with van der Waals surface area (Å²) in [7, 11) is -3.68. The Labute approximate surface area is 122 Å². The molecule has 0 aromatic heterocycles. The van der Waals surface area contributed by atoms with Crippen molar-refractivity contribution in [2.45, 2.75) is 36.8 Å². The Hall–Kier alpha value is -1.14. The highest BCUT2D eigenvalue weighted by Gasteiger charge is 2.32. The molecule has 1 aromatic carbocycles. The predicted molar refractivity (Wildman–Crippen MR) is 74.7 cm³/mol. The van der Waals surface area contributed by atoms with Crippen molar-refractivity contribution in [3.63, 3.8) is 0 Å². The average Bonchev–Trinajstić information content (AvgIpc) is 3.15. The van der Waals surface area contributed by atoms with Crippen LogP contribution in [-0.2, 0) is 20.4 Å². The van der Waals surface area contributed by atoms with Gasteiger partial charge in [0.05, 0.1) is 5.75 Å². The van der Waals surface area contributed by atoms with Gasteiger partial charge in [0, 0.05) is 11.1 Å². The molecular formula is C13H15ClFNO3S. The number of sulfone groups is 1. The number of amides is 1. The molecule has 20 heavy (non-hydrogen) atoms. The van der Waals surface area contributed by atoms with Crippen LogP contribution in [0.4, 0.5) is 4.39 Å². The summed E-state index contributed by atoms with van der Waals surface area (Å²) in [5.74, 6) is -1.41. The van der Waals surface area contributed by atoms with Crippen LogP contribution in [-0.4, -0.2) is 25.6 Å². The van der Waals surface area contributed by atoms with Gasteiger partial charge >= 0.3 is 0 Å². The highest BCUT2D eigenvalue weighted by molar-refractivity contribution is 7.92. The van der Waals surface area contributed by atoms with E-state index in [4.69, 9.17) is 11.6 Å². The summed E-state index contributed by atoms with van der Waals surface area (Å²) in [6, 6.07) is 3.63. The van der Waals surface area contributed by atoms with E-state index in [0.717, 1.165) is 25.0 Å². The Kier molecular flexibility index (Phi) is 4.34. The molecule has 1 fully saturated rings. The van der Waals surface area contributed by atoms with Gasteiger partial charge in [-0.25, -0.2) is 12.8 Å². The fraction of sp³-hybridized carbons (Fsp3) is 0.462. The van der Waals surface area contributed by atoms with Crippen molar-refractivity contribution in [1.29, 1.82) is 0 Å². The molecule has 0 unspecified atom stereocenters. The molecule has 4 nitrogen and oxygen atoms in total. The van der Waals surface area contributed by atoms with Crippen molar-refractivity contribution < 1.29 is 17.6 Å². The Morgan fingerprint density at radius 3 is 2.70 bits per heavy atom. The van der Waals surface area contributed by atoms with E-state index >= 15 is 0 Å². The molecule has 1 aromatic rings. The first-order valence-electron chi connectivity index (χ1n) is 6.25. The predicted octanol–water partition coefficient (Wildman–Crippen LogP) is 2.06. The Morgan fingerprint density at radius 1 is 1.50 bits per heavy atom. The van der Waals surface area contributed by atoms with E-state index in [1.54, 1.807) is 0 Å². The fourth-order valence-electron chi connectivity index (χ4n) is 1.69. The second-order valence-electron chi connectivity index (χ2n) is 4.97. The van der Waals surface area contributed by atoms with Crippen LogP contribution in [0, 0.1) is 5.82 Å². The second kappa shape index (κ2) is 5.69. The van der Waals surface area contributed by atoms with Crippen LogP contribution >= 0.6 is 11.6 Å². The molecule has 1 saturated carbocycles. The first-order valence-corrected chi connectivity index (χ1v) is 8.35. The van der Waals surface area contributed by atoms with E-state index in [1.165, 1.54) is 13.0 Å². The number of halogens is 2. The molecule has 1 N–H and O–H groups in total. The minimum Gasteiger partial charge on any atom is -0.352 e. The zero-order valence-corrected chi connectivity index (χ0v) is 12.5. The van der Waals surface area contributed by atoms with Gasteiger partial charge < -0.3 is 5.32 Å². The van der Waals surface area contributed by atoms with Gasteiger partial charge in [0.2, 0.25) is 5.91 Å². The van der Waals surface area contributed by atoms with Crippen LogP contribution in [0.1, 0.15) is 25.3 Å². The summed E-state index contributed by atoms with van der Waals surface area (Å²) in [5, 5.41) is 1.55. The molecule has 7 heteroatoms. The largest absolute Gasteiger partial charge is 0.352 e. The van der Waals surface area contributed by atoms with E-state index < -0.39 is 26.8 Å². The van der Waals surface area contributed by atoms with Crippen LogP contribution in [0.25, 0.3) is 0 Å². The number of carbonyl (C=O) groups is 1. The highest BCUT2D eigenvalue weighted by atomic mass is 35.5. The third-order valence-corrected chi connectivity index (χ3v) is 5.56. The number of hydrogen-bond donors (Lipinski definition) is 1. The molecule has 2 rings (SSSR count). The summed E-state index contributed by atoms with van der Waals surface area (Å²) < 4.78 is 37.3. The van der Waals surface area contributed by atoms with Gasteiger partial charge in [-0.15, -0.1) is 0 Å². The van der Waals surface area contributed by atoms with E-state index in [2.05, 4.69) is 5.32 Å². The lowest BCUT2D eigenvalue weighted by Crippen LogP contribution is -2.39. The number of benzene rings is 1. The van der Waals surface area contributed by atoms with Gasteiger partial charge in [0.25, 0.3) is 0 Å². The van der Waals surface area contributed by atoms with Crippen molar-refractivity contribution >= 4 is 27.3 Å². The minimum atomic E-state index is -3.68. The molecule has 0 heterocycles. The zero-order valence-electron chi connectivity index (χ0n) is 10.9. The summed E-state index contributed by atoms with van der Waals surface area (Å²) in [4.78, 5) is 11.8. The van der Waals surface area contributed by atoms with E-state index in [9.17, 15) is 17.6 Å². The van der Waals surface area contributed by atoms with E-state index in [0.29, 0.717) is 5.56 Å². The molecule has 1 atom stereocenters. The van der Waals surface area contributed by atoms with Gasteiger partial charge in [-0.3, -0.25) is 4.79 Å². The van der Waals surface area contributed by atoms with Gasteiger partial charge in [-0.1, -0.05) is 17.7 Å². The summed E-state index contributed by atoms with van der Waals surface area (Å²) in [6.45, 7) is 1.35. The molecule has 1 aliphatic carbocycles. The normalized spacial score (nSPS) is 16.8. The standard InChI is InChI=1S/C13H15ClFNO3S/c1-8(13(17)16-11-4-5-11)20(18,19)7-9-2-3-10(15)6-12(9)14/h2-3,6,8,11H,4-5,7H2,1H3,(H,16,17)/t8-/m1/s1. The number of rotatable bonds is 5. The first kappa shape index (κ1) is 15.3. The molecule has 0 saturated heterocycles. The zero-order chi connectivity index (χ0) is 14.9. The molecule has 0 spiro atoms. The smallest absolute Gasteiger partial charge is 0.238 e. The lowest BCUT2D eigenvalue weighted by molar-refractivity contribution is -0.120. The van der Waals surface area contributed by atoms with Crippen LogP contribution in [0.15, 0.2) is 18.2 Å². The Balaban J connectivity index is 2.11. The van der Waals surface area contributed by atoms with Crippen LogP contribution in [0.2, 0.25) is 5.02 Å². The van der Waals surface area contributed by atoms with Crippen molar-refractivity contribution in [1.82, 2.24) is 5.32 Å². The highest BCUT2D eigenvalue weighted by Crippen LogP contribution is 2.23. The van der Waals surface area contributed by atoms with Gasteiger partial charge in [0.15, 0.2) is 9.84 Å². The molecular weight excluding hydrogens is 305 g/mol. The van der Waals surface area contributed by atoms with Crippen molar-refractivity contribution in [2.24, 2.45) is 0 Å². The van der Waals surface area contributed by atoms with Crippen LogP contribution in [0.3, 0.4) is 0 Å². The monoisotopic (exact) mass is 319 g/mol. The lowest BCUT2D eigenvalue weighted by Gasteiger charge is -2.13. The summed E-state index contributed by atoms with van der Waals surface area (Å²) in [5.41, 5.74) is 0.291. The van der Waals surface area contributed by atoms with Gasteiger partial charge in [-0.2, -0.15) is 0 Å². The molecule has 1 aliphatic rings. The van der Waals surface area contributed by atoms with Crippen molar-refractivity contribution in [3.05, 3.63) is 34.6 Å². The number of hydrogen-bond acceptors (Lipinski definition) is 3. The van der Waals surface area contributed by atoms with E-state index in [1.807, 2.05) is 0 Å². The molecule has 110 valence electrons. The molecule has 1 amide bonds. The second-order valence-corrected chi connectivity index (χ2v) is 7.70. The lowest BCUT2D eigenvalue weighted by atomic mass is 10.2. The number of carbonyl (C=O) groups excluding carboxylic acids is 1. The van der Waals surface area contributed by atoms with Crippen LogP contribution in [0.5, 0.6) is 0 Å².